The van der Waals surface area contributed by atoms with Gasteiger partial charge in [-0.05, 0) is 44.4 Å². The number of carbonyl (C=O) groups is 2. The molecule has 1 saturated heterocycles. The molecule has 1 heterocycles. The van der Waals surface area contributed by atoms with Gasteiger partial charge in [-0.1, -0.05) is 12.1 Å². The number of hydrogen-bond donors (Lipinski definition) is 2. The summed E-state index contributed by atoms with van der Waals surface area (Å²) in [5.41, 5.74) is 7.20. The van der Waals surface area contributed by atoms with Crippen LogP contribution in [0.25, 0.3) is 0 Å². The maximum Gasteiger partial charge on any atom is 0.253 e. The van der Waals surface area contributed by atoms with E-state index in [1.165, 1.54) is 0 Å². The largest absolute Gasteiger partial charge is 0.364 e. The molecule has 1 fully saturated rings. The van der Waals surface area contributed by atoms with Gasteiger partial charge in [0.1, 0.15) is 6.10 Å². The van der Waals surface area contributed by atoms with E-state index in [1.807, 2.05) is 38.1 Å². The molecule has 6 nitrogen and oxygen atoms in total. The fourth-order valence-electron chi connectivity index (χ4n) is 2.86. The standard InChI is InChI=1S/C18H27N3O3/c1-3-21(4-2)17(22)11-13-5-7-14(8-6-13)20-18(23)16-10-9-15(12-19)24-16/h5-8,15-16H,3-4,9-12,19H2,1-2H3,(H,20,23)/t15-,16+/m1/s1. The van der Waals surface area contributed by atoms with Gasteiger partial charge in [-0.15, -0.1) is 0 Å². The van der Waals surface area contributed by atoms with E-state index in [2.05, 4.69) is 5.32 Å². The Balaban J connectivity index is 1.88. The number of ether oxygens (including phenoxy) is 1. The zero-order valence-corrected chi connectivity index (χ0v) is 14.5. The van der Waals surface area contributed by atoms with Gasteiger partial charge in [-0.3, -0.25) is 9.59 Å². The van der Waals surface area contributed by atoms with Crippen molar-refractivity contribution in [1.82, 2.24) is 4.90 Å². The zero-order chi connectivity index (χ0) is 17.5. The summed E-state index contributed by atoms with van der Waals surface area (Å²) in [4.78, 5) is 26.1. The third kappa shape index (κ3) is 4.79. The van der Waals surface area contributed by atoms with Crippen LogP contribution in [0.3, 0.4) is 0 Å². The quantitative estimate of drug-likeness (QED) is 0.793. The van der Waals surface area contributed by atoms with Gasteiger partial charge in [-0.25, -0.2) is 0 Å². The fraction of sp³-hybridized carbons (Fsp3) is 0.556. The molecule has 0 saturated carbocycles. The number of amides is 2. The van der Waals surface area contributed by atoms with Crippen LogP contribution in [0, 0.1) is 0 Å². The van der Waals surface area contributed by atoms with E-state index in [0.717, 1.165) is 12.0 Å². The maximum atomic E-state index is 12.2. The maximum absolute atomic E-state index is 12.2. The number of carbonyl (C=O) groups excluding carboxylic acids is 2. The van der Waals surface area contributed by atoms with E-state index < -0.39 is 6.10 Å². The summed E-state index contributed by atoms with van der Waals surface area (Å²) in [5, 5.41) is 2.85. The molecule has 1 aromatic rings. The van der Waals surface area contributed by atoms with Crippen LogP contribution < -0.4 is 11.1 Å². The third-order valence-corrected chi connectivity index (χ3v) is 4.36. The molecular formula is C18H27N3O3. The highest BCUT2D eigenvalue weighted by Crippen LogP contribution is 2.20. The molecule has 0 bridgehead atoms. The first-order valence-corrected chi connectivity index (χ1v) is 8.60. The first kappa shape index (κ1) is 18.4. The van der Waals surface area contributed by atoms with Crippen LogP contribution in [-0.2, 0) is 20.7 Å². The summed E-state index contributed by atoms with van der Waals surface area (Å²) >= 11 is 0. The molecule has 2 amide bonds. The number of anilines is 1. The van der Waals surface area contributed by atoms with Gasteiger partial charge >= 0.3 is 0 Å². The van der Waals surface area contributed by atoms with Gasteiger partial charge in [0, 0.05) is 25.3 Å². The molecule has 1 aromatic carbocycles. The van der Waals surface area contributed by atoms with Crippen molar-refractivity contribution in [2.45, 2.75) is 45.3 Å². The van der Waals surface area contributed by atoms with Crippen molar-refractivity contribution in [2.24, 2.45) is 5.73 Å². The zero-order valence-electron chi connectivity index (χ0n) is 14.5. The minimum Gasteiger partial charge on any atom is -0.364 e. The number of likely N-dealkylation sites (N-methyl/N-ethyl adjacent to an activating group) is 1. The Morgan fingerprint density at radius 2 is 1.88 bits per heavy atom. The van der Waals surface area contributed by atoms with Gasteiger partial charge in [0.2, 0.25) is 5.91 Å². The number of nitrogens with zero attached hydrogens (tertiary/aromatic N) is 1. The third-order valence-electron chi connectivity index (χ3n) is 4.36. The first-order chi connectivity index (χ1) is 11.6. The molecule has 1 aliphatic heterocycles. The Morgan fingerprint density at radius 1 is 1.21 bits per heavy atom. The summed E-state index contributed by atoms with van der Waals surface area (Å²) < 4.78 is 5.58. The van der Waals surface area contributed by atoms with E-state index in [1.54, 1.807) is 4.90 Å². The molecule has 0 aromatic heterocycles. The smallest absolute Gasteiger partial charge is 0.253 e. The van der Waals surface area contributed by atoms with E-state index >= 15 is 0 Å². The van der Waals surface area contributed by atoms with Gasteiger partial charge in [0.15, 0.2) is 0 Å². The summed E-state index contributed by atoms with van der Waals surface area (Å²) in [6.45, 7) is 5.82. The molecule has 2 atom stereocenters. The second-order valence-corrected chi connectivity index (χ2v) is 5.99. The lowest BCUT2D eigenvalue weighted by atomic mass is 10.1. The Hall–Kier alpha value is -1.92. The lowest BCUT2D eigenvalue weighted by molar-refractivity contribution is -0.130. The average molecular weight is 333 g/mol. The van der Waals surface area contributed by atoms with Crippen LogP contribution in [0.15, 0.2) is 24.3 Å². The summed E-state index contributed by atoms with van der Waals surface area (Å²) in [7, 11) is 0. The second kappa shape index (κ2) is 8.80. The molecule has 3 N–H and O–H groups in total. The van der Waals surface area contributed by atoms with Crippen molar-refractivity contribution in [1.29, 1.82) is 0 Å². The fourth-order valence-corrected chi connectivity index (χ4v) is 2.86. The van der Waals surface area contributed by atoms with Crippen LogP contribution in [0.2, 0.25) is 0 Å². The Morgan fingerprint density at radius 3 is 2.42 bits per heavy atom. The van der Waals surface area contributed by atoms with Gasteiger partial charge < -0.3 is 20.7 Å². The number of benzene rings is 1. The average Bonchev–Trinajstić information content (AvgIpc) is 3.07. The molecule has 0 aliphatic carbocycles. The van der Waals surface area contributed by atoms with Crippen molar-refractivity contribution in [3.8, 4) is 0 Å². The molecule has 0 radical (unpaired) electrons. The van der Waals surface area contributed by atoms with Crippen molar-refractivity contribution in [3.05, 3.63) is 29.8 Å². The predicted molar refractivity (Wildman–Crippen MR) is 93.7 cm³/mol. The normalized spacial score (nSPS) is 20.0. The highest BCUT2D eigenvalue weighted by atomic mass is 16.5. The lowest BCUT2D eigenvalue weighted by Gasteiger charge is -2.18. The Labute approximate surface area is 143 Å². The molecule has 6 heteroatoms. The molecule has 24 heavy (non-hydrogen) atoms. The molecule has 0 unspecified atom stereocenters. The van der Waals surface area contributed by atoms with E-state index in [-0.39, 0.29) is 17.9 Å². The summed E-state index contributed by atoms with van der Waals surface area (Å²) in [6, 6.07) is 7.38. The topological polar surface area (TPSA) is 84.7 Å². The van der Waals surface area contributed by atoms with Gasteiger partial charge in [0.05, 0.1) is 12.5 Å². The second-order valence-electron chi connectivity index (χ2n) is 5.99. The van der Waals surface area contributed by atoms with Crippen LogP contribution in [0.1, 0.15) is 32.3 Å². The molecule has 2 rings (SSSR count). The number of nitrogens with one attached hydrogen (secondary N) is 1. The van der Waals surface area contributed by atoms with Crippen molar-refractivity contribution < 1.29 is 14.3 Å². The number of hydrogen-bond acceptors (Lipinski definition) is 4. The lowest BCUT2D eigenvalue weighted by Crippen LogP contribution is -2.31. The van der Waals surface area contributed by atoms with E-state index in [0.29, 0.717) is 38.2 Å². The van der Waals surface area contributed by atoms with Crippen LogP contribution in [-0.4, -0.2) is 48.6 Å². The summed E-state index contributed by atoms with van der Waals surface area (Å²) in [6.07, 6.45) is 1.45. The molecule has 1 aliphatic rings. The van der Waals surface area contributed by atoms with Crippen LogP contribution >= 0.6 is 0 Å². The number of rotatable bonds is 7. The minimum atomic E-state index is -0.428. The van der Waals surface area contributed by atoms with E-state index in [9.17, 15) is 9.59 Å². The van der Waals surface area contributed by atoms with Crippen LogP contribution in [0.5, 0.6) is 0 Å². The SMILES string of the molecule is CCN(CC)C(=O)Cc1ccc(NC(=O)[C@@H]2CC[C@H](CN)O2)cc1. The molecule has 0 spiro atoms. The first-order valence-electron chi connectivity index (χ1n) is 8.60. The highest BCUT2D eigenvalue weighted by molar-refractivity contribution is 5.94. The highest BCUT2D eigenvalue weighted by Gasteiger charge is 2.29. The minimum absolute atomic E-state index is 0.0192. The van der Waals surface area contributed by atoms with Gasteiger partial charge in [-0.2, -0.15) is 0 Å². The van der Waals surface area contributed by atoms with Crippen molar-refractivity contribution >= 4 is 17.5 Å². The Kier molecular flexibility index (Phi) is 6.75. The molecular weight excluding hydrogens is 306 g/mol. The predicted octanol–water partition coefficient (Wildman–Crippen LogP) is 1.54. The van der Waals surface area contributed by atoms with Crippen LogP contribution in [0.4, 0.5) is 5.69 Å². The Bertz CT molecular complexity index is 555. The van der Waals surface area contributed by atoms with Crippen molar-refractivity contribution in [3.63, 3.8) is 0 Å². The number of nitrogens with two attached hydrogens (primary N) is 1. The van der Waals surface area contributed by atoms with Crippen molar-refractivity contribution in [2.75, 3.05) is 25.0 Å². The van der Waals surface area contributed by atoms with E-state index in [4.69, 9.17) is 10.5 Å². The molecule has 132 valence electrons. The summed E-state index contributed by atoms with van der Waals surface area (Å²) in [5.74, 6) is -0.0260. The monoisotopic (exact) mass is 333 g/mol. The van der Waals surface area contributed by atoms with Gasteiger partial charge in [0.25, 0.3) is 5.91 Å².